The molecule has 1 aromatic carbocycles. The normalized spacial score (nSPS) is 15.1. The molecule has 156 valence electrons. The van der Waals surface area contributed by atoms with Crippen LogP contribution in [0.25, 0.3) is 11.7 Å². The van der Waals surface area contributed by atoms with E-state index in [2.05, 4.69) is 16.9 Å². The summed E-state index contributed by atoms with van der Waals surface area (Å²) in [4.78, 5) is 32.6. The third-order valence-corrected chi connectivity index (χ3v) is 6.36. The Morgan fingerprint density at radius 3 is 2.74 bits per heavy atom. The number of benzene rings is 1. The molecule has 3 heterocycles. The maximum Gasteiger partial charge on any atom is 0.267 e. The molecule has 3 aromatic rings. The second-order valence-electron chi connectivity index (χ2n) is 6.64. The smallest absolute Gasteiger partial charge is 0.267 e. The minimum atomic E-state index is -0.284. The summed E-state index contributed by atoms with van der Waals surface area (Å²) in [5.41, 5.74) is 1.29. The number of pyridine rings is 1. The van der Waals surface area contributed by atoms with Gasteiger partial charge in [-0.1, -0.05) is 65.9 Å². The highest BCUT2D eigenvalue weighted by molar-refractivity contribution is 8.26. The molecule has 0 atom stereocenters. The van der Waals surface area contributed by atoms with E-state index in [0.717, 1.165) is 17.3 Å². The van der Waals surface area contributed by atoms with Crippen molar-refractivity contribution in [3.8, 4) is 0 Å². The molecular formula is C22H17ClN4O2S2. The number of carbonyl (C=O) groups excluding carboxylic acids is 1. The molecule has 0 saturated carbocycles. The molecule has 0 bridgehead atoms. The fourth-order valence-electron chi connectivity index (χ4n) is 3.10. The van der Waals surface area contributed by atoms with Gasteiger partial charge in [-0.3, -0.25) is 18.9 Å². The number of thioether (sulfide) groups is 1. The van der Waals surface area contributed by atoms with Gasteiger partial charge in [-0.15, -0.1) is 6.58 Å². The molecule has 1 amide bonds. The van der Waals surface area contributed by atoms with Crippen molar-refractivity contribution in [1.82, 2.24) is 14.3 Å². The van der Waals surface area contributed by atoms with Crippen molar-refractivity contribution in [1.29, 1.82) is 0 Å². The van der Waals surface area contributed by atoms with Crippen molar-refractivity contribution < 1.29 is 4.79 Å². The molecule has 6 nitrogen and oxygen atoms in total. The zero-order chi connectivity index (χ0) is 22.0. The van der Waals surface area contributed by atoms with Gasteiger partial charge in [-0.2, -0.15) is 0 Å². The molecule has 0 spiro atoms. The van der Waals surface area contributed by atoms with E-state index in [9.17, 15) is 9.59 Å². The Bertz CT molecular complexity index is 1300. The number of amides is 1. The van der Waals surface area contributed by atoms with E-state index in [1.807, 2.05) is 18.2 Å². The van der Waals surface area contributed by atoms with Crippen molar-refractivity contribution in [2.24, 2.45) is 0 Å². The van der Waals surface area contributed by atoms with E-state index in [4.69, 9.17) is 23.8 Å². The Labute approximate surface area is 193 Å². The summed E-state index contributed by atoms with van der Waals surface area (Å²) in [5, 5.41) is 3.65. The first kappa shape index (κ1) is 21.3. The van der Waals surface area contributed by atoms with E-state index < -0.39 is 0 Å². The number of hydrogen-bond acceptors (Lipinski definition) is 6. The minimum absolute atomic E-state index is 0.262. The van der Waals surface area contributed by atoms with Crippen LogP contribution in [0.2, 0.25) is 5.02 Å². The van der Waals surface area contributed by atoms with Gasteiger partial charge in [0.15, 0.2) is 0 Å². The zero-order valence-electron chi connectivity index (χ0n) is 16.2. The molecule has 31 heavy (non-hydrogen) atoms. The third kappa shape index (κ3) is 4.27. The largest absolute Gasteiger partial charge is 0.366 e. The second kappa shape index (κ2) is 9.05. The summed E-state index contributed by atoms with van der Waals surface area (Å²) < 4.78 is 1.85. The summed E-state index contributed by atoms with van der Waals surface area (Å²) in [5.74, 6) is 0.106. The van der Waals surface area contributed by atoms with Crippen molar-refractivity contribution in [3.05, 3.63) is 92.7 Å². The molecule has 4 rings (SSSR count). The maximum atomic E-state index is 13.1. The van der Waals surface area contributed by atoms with Gasteiger partial charge in [0, 0.05) is 17.8 Å². The fraction of sp³-hybridized carbons (Fsp3) is 0.0909. The molecule has 2 aromatic heterocycles. The van der Waals surface area contributed by atoms with Crippen molar-refractivity contribution in [2.45, 2.75) is 6.54 Å². The Kier molecular flexibility index (Phi) is 6.22. The molecule has 0 radical (unpaired) electrons. The number of nitrogens with one attached hydrogen (secondary N) is 1. The lowest BCUT2D eigenvalue weighted by Crippen LogP contribution is -2.27. The number of carbonyl (C=O) groups is 1. The van der Waals surface area contributed by atoms with Gasteiger partial charge >= 0.3 is 0 Å². The van der Waals surface area contributed by atoms with Gasteiger partial charge in [0.25, 0.3) is 11.5 Å². The molecule has 1 aliphatic heterocycles. The average Bonchev–Trinajstić information content (AvgIpc) is 3.03. The number of halogens is 1. The number of rotatable bonds is 6. The Morgan fingerprint density at radius 2 is 1.97 bits per heavy atom. The van der Waals surface area contributed by atoms with Gasteiger partial charge in [0.1, 0.15) is 15.8 Å². The van der Waals surface area contributed by atoms with E-state index >= 15 is 0 Å². The fourth-order valence-corrected chi connectivity index (χ4v) is 4.53. The van der Waals surface area contributed by atoms with E-state index in [1.54, 1.807) is 42.6 Å². The summed E-state index contributed by atoms with van der Waals surface area (Å²) in [7, 11) is 0. The highest BCUT2D eigenvalue weighted by atomic mass is 35.5. The first-order valence-electron chi connectivity index (χ1n) is 9.34. The second-order valence-corrected chi connectivity index (χ2v) is 8.72. The van der Waals surface area contributed by atoms with E-state index in [1.165, 1.54) is 9.30 Å². The predicted octanol–water partition coefficient (Wildman–Crippen LogP) is 4.35. The van der Waals surface area contributed by atoms with Crippen LogP contribution in [0.1, 0.15) is 11.1 Å². The van der Waals surface area contributed by atoms with Gasteiger partial charge in [0.05, 0.1) is 17.0 Å². The third-order valence-electron chi connectivity index (χ3n) is 4.62. The minimum Gasteiger partial charge on any atom is -0.366 e. The predicted molar refractivity (Wildman–Crippen MR) is 130 cm³/mol. The Balaban J connectivity index is 1.74. The quantitative estimate of drug-likeness (QED) is 0.329. The lowest BCUT2D eigenvalue weighted by atomic mass is 10.2. The summed E-state index contributed by atoms with van der Waals surface area (Å²) in [6.07, 6.45) is 4.86. The average molecular weight is 469 g/mol. The lowest BCUT2D eigenvalue weighted by Gasteiger charge is -2.15. The van der Waals surface area contributed by atoms with Crippen LogP contribution < -0.4 is 10.9 Å². The number of nitrogens with zero attached hydrogens (tertiary/aromatic N) is 3. The van der Waals surface area contributed by atoms with Gasteiger partial charge in [-0.05, 0) is 29.8 Å². The van der Waals surface area contributed by atoms with E-state index in [-0.39, 0.29) is 23.6 Å². The molecule has 1 fully saturated rings. The summed E-state index contributed by atoms with van der Waals surface area (Å²) >= 11 is 12.8. The number of thiocarbonyl (C=S) groups is 1. The monoisotopic (exact) mass is 468 g/mol. The van der Waals surface area contributed by atoms with Crippen LogP contribution >= 0.6 is 35.6 Å². The highest BCUT2D eigenvalue weighted by Gasteiger charge is 2.33. The van der Waals surface area contributed by atoms with Crippen molar-refractivity contribution >= 4 is 63.3 Å². The maximum absolute atomic E-state index is 13.1. The Morgan fingerprint density at radius 1 is 1.19 bits per heavy atom. The number of aromatic nitrogens is 2. The molecule has 0 unspecified atom stereocenters. The van der Waals surface area contributed by atoms with Gasteiger partial charge < -0.3 is 5.32 Å². The number of anilines is 1. The van der Waals surface area contributed by atoms with E-state index in [0.29, 0.717) is 32.3 Å². The lowest BCUT2D eigenvalue weighted by molar-refractivity contribution is -0.122. The van der Waals surface area contributed by atoms with Crippen LogP contribution in [-0.4, -0.2) is 31.1 Å². The van der Waals surface area contributed by atoms with Crippen LogP contribution in [-0.2, 0) is 11.3 Å². The topological polar surface area (TPSA) is 66.7 Å². The number of fused-ring (bicyclic) bond motifs is 1. The van der Waals surface area contributed by atoms with Gasteiger partial charge in [0.2, 0.25) is 0 Å². The molecule has 1 N–H and O–H groups in total. The standard InChI is InChI=1S/C22H17ClN4O2S2/c1-2-10-24-19-15(20(28)26-11-6-5-9-18(26)25-19)12-17-21(29)27(22(30)31-17)13-14-7-3-4-8-16(14)23/h2-9,11-12,24H,1,10,13H2/b17-12+. The van der Waals surface area contributed by atoms with Crippen molar-refractivity contribution in [3.63, 3.8) is 0 Å². The SMILES string of the molecule is C=CCNc1nc2ccccn2c(=O)c1/C=C1/SC(=S)N(Cc2ccccc2Cl)C1=O. The Hall–Kier alpha value is -2.94. The molecule has 0 aliphatic carbocycles. The highest BCUT2D eigenvalue weighted by Crippen LogP contribution is 2.34. The van der Waals surface area contributed by atoms with Gasteiger partial charge in [-0.25, -0.2) is 4.98 Å². The zero-order valence-corrected chi connectivity index (χ0v) is 18.6. The summed E-state index contributed by atoms with van der Waals surface area (Å²) in [6, 6.07) is 12.6. The molecular weight excluding hydrogens is 452 g/mol. The molecule has 1 aliphatic rings. The van der Waals surface area contributed by atoms with Crippen LogP contribution in [0.3, 0.4) is 0 Å². The van der Waals surface area contributed by atoms with Crippen LogP contribution in [0.15, 0.2) is 71.0 Å². The number of hydrogen-bond donors (Lipinski definition) is 1. The van der Waals surface area contributed by atoms with Crippen LogP contribution in [0.5, 0.6) is 0 Å². The molecule has 1 saturated heterocycles. The van der Waals surface area contributed by atoms with Crippen LogP contribution in [0.4, 0.5) is 5.82 Å². The molecule has 9 heteroatoms. The van der Waals surface area contributed by atoms with Crippen molar-refractivity contribution in [2.75, 3.05) is 11.9 Å². The first-order valence-corrected chi connectivity index (χ1v) is 10.9. The first-order chi connectivity index (χ1) is 15.0. The van der Waals surface area contributed by atoms with Crippen LogP contribution in [0, 0.1) is 0 Å². The summed E-state index contributed by atoms with van der Waals surface area (Å²) in [6.45, 7) is 4.37.